The van der Waals surface area contributed by atoms with E-state index in [1.54, 1.807) is 24.3 Å². The number of hydrogen-bond donors (Lipinski definition) is 0. The molecule has 5 nitrogen and oxygen atoms in total. The first-order chi connectivity index (χ1) is 16.3. The van der Waals surface area contributed by atoms with E-state index in [0.717, 1.165) is 30.6 Å². The zero-order valence-corrected chi connectivity index (χ0v) is 21.4. The maximum atomic E-state index is 13.9. The minimum absolute atomic E-state index is 0.219. The number of carbonyl (C=O) groups is 3. The number of anilines is 1. The van der Waals surface area contributed by atoms with E-state index in [1.807, 2.05) is 50.2 Å². The van der Waals surface area contributed by atoms with Gasteiger partial charge in [-0.3, -0.25) is 24.2 Å². The number of carbonyl (C=O) groups excluding carboxylic acids is 3. The number of amides is 3. The van der Waals surface area contributed by atoms with Gasteiger partial charge in [-0.1, -0.05) is 63.4 Å². The quantitative estimate of drug-likeness (QED) is 0.260. The number of thiophene rings is 1. The molecule has 0 radical (unpaired) electrons. The van der Waals surface area contributed by atoms with Gasteiger partial charge in [0, 0.05) is 20.2 Å². The van der Waals surface area contributed by atoms with Crippen LogP contribution in [0, 0.1) is 13.8 Å². The average Bonchev–Trinajstić information content (AvgIpc) is 3.26. The summed E-state index contributed by atoms with van der Waals surface area (Å²) in [7, 11) is 0. The van der Waals surface area contributed by atoms with Gasteiger partial charge in [0.2, 0.25) is 0 Å². The van der Waals surface area contributed by atoms with Gasteiger partial charge >= 0.3 is 0 Å². The molecule has 1 aromatic heterocycles. The third-order valence-corrected chi connectivity index (χ3v) is 7.97. The molecule has 0 bridgehead atoms. The van der Waals surface area contributed by atoms with Gasteiger partial charge in [0.15, 0.2) is 0 Å². The molecule has 4 aromatic rings. The summed E-state index contributed by atoms with van der Waals surface area (Å²) < 4.78 is 1.75. The predicted molar refractivity (Wildman–Crippen MR) is 139 cm³/mol. The lowest BCUT2D eigenvalue weighted by molar-refractivity contribution is 0.0650. The lowest BCUT2D eigenvalue weighted by Gasteiger charge is -2.28. The highest BCUT2D eigenvalue weighted by Gasteiger charge is 2.38. The summed E-state index contributed by atoms with van der Waals surface area (Å²) in [6, 6.07) is 18.0. The van der Waals surface area contributed by atoms with Crippen LogP contribution in [0.25, 0.3) is 10.1 Å². The van der Waals surface area contributed by atoms with Gasteiger partial charge in [-0.05, 0) is 49.7 Å². The Hall–Kier alpha value is -3.00. The first kappa shape index (κ1) is 22.8. The van der Waals surface area contributed by atoms with Gasteiger partial charge in [-0.2, -0.15) is 0 Å². The molecule has 170 valence electrons. The topological polar surface area (TPSA) is 57.7 Å². The molecule has 0 unspecified atom stereocenters. The minimum Gasteiger partial charge on any atom is -0.289 e. The summed E-state index contributed by atoms with van der Waals surface area (Å²) in [4.78, 5) is 43.0. The Balaban J connectivity index is 1.60. The van der Waals surface area contributed by atoms with Crippen molar-refractivity contribution in [1.82, 2.24) is 4.90 Å². The Bertz CT molecular complexity index is 1480. The van der Waals surface area contributed by atoms with E-state index in [4.69, 9.17) is 11.6 Å². The molecule has 0 saturated heterocycles. The zero-order chi connectivity index (χ0) is 24.1. The van der Waals surface area contributed by atoms with E-state index in [-0.39, 0.29) is 12.6 Å². The van der Waals surface area contributed by atoms with E-state index >= 15 is 0 Å². The molecule has 0 N–H and O–H groups in total. The van der Waals surface area contributed by atoms with Crippen molar-refractivity contribution in [3.63, 3.8) is 0 Å². The van der Waals surface area contributed by atoms with Crippen LogP contribution >= 0.6 is 38.9 Å². The molecule has 0 spiro atoms. The predicted octanol–water partition coefficient (Wildman–Crippen LogP) is 6.83. The number of halogens is 2. The minimum atomic E-state index is -0.422. The zero-order valence-electron chi connectivity index (χ0n) is 18.3. The Morgan fingerprint density at radius 2 is 1.68 bits per heavy atom. The highest BCUT2D eigenvalue weighted by atomic mass is 79.9. The van der Waals surface area contributed by atoms with Crippen molar-refractivity contribution < 1.29 is 14.4 Å². The van der Waals surface area contributed by atoms with Crippen molar-refractivity contribution >= 4 is 72.4 Å². The normalized spacial score (nSPS) is 13.0. The highest BCUT2D eigenvalue weighted by molar-refractivity contribution is 9.10. The maximum absolute atomic E-state index is 13.9. The Labute approximate surface area is 213 Å². The fourth-order valence-electron chi connectivity index (χ4n) is 4.17. The van der Waals surface area contributed by atoms with Crippen LogP contribution in [-0.2, 0) is 0 Å². The van der Waals surface area contributed by atoms with Gasteiger partial charge in [0.05, 0.1) is 16.1 Å². The standard InChI is InChI=1S/C26H18BrClN2O3S/c1-14-7-10-20(15(2)11-14)29(13-30-24(31)17-5-3-4-6-18(17)25(30)32)26(33)23-22(28)19-9-8-16(27)12-21(19)34-23/h3-12H,13H2,1-2H3. The molecule has 0 atom stereocenters. The fraction of sp³-hybridized carbons (Fsp3) is 0.115. The van der Waals surface area contributed by atoms with Crippen LogP contribution in [0.4, 0.5) is 5.69 Å². The molecule has 1 aliphatic heterocycles. The number of benzene rings is 3. The number of fused-ring (bicyclic) bond motifs is 2. The van der Waals surface area contributed by atoms with Gasteiger partial charge in [-0.25, -0.2) is 0 Å². The van der Waals surface area contributed by atoms with E-state index < -0.39 is 11.8 Å². The first-order valence-corrected chi connectivity index (χ1v) is 12.5. The van der Waals surface area contributed by atoms with E-state index in [0.29, 0.717) is 26.7 Å². The Morgan fingerprint density at radius 3 is 2.32 bits per heavy atom. The summed E-state index contributed by atoms with van der Waals surface area (Å²) in [5.74, 6) is -1.21. The van der Waals surface area contributed by atoms with Crippen LogP contribution in [0.15, 0.2) is 65.1 Å². The summed E-state index contributed by atoms with van der Waals surface area (Å²) in [5, 5.41) is 1.13. The molecule has 3 amide bonds. The summed E-state index contributed by atoms with van der Waals surface area (Å²) in [6.45, 7) is 3.64. The molecule has 34 heavy (non-hydrogen) atoms. The lowest BCUT2D eigenvalue weighted by Crippen LogP contribution is -2.44. The second-order valence-corrected chi connectivity index (χ2v) is 10.5. The molecule has 2 heterocycles. The van der Waals surface area contributed by atoms with Gasteiger partial charge in [-0.15, -0.1) is 11.3 Å². The number of aryl methyl sites for hydroxylation is 2. The number of imide groups is 1. The summed E-state index contributed by atoms with van der Waals surface area (Å²) >= 11 is 11.4. The molecule has 3 aromatic carbocycles. The SMILES string of the molecule is Cc1ccc(N(CN2C(=O)c3ccccc3C2=O)C(=O)c2sc3cc(Br)ccc3c2Cl)c(C)c1. The van der Waals surface area contributed by atoms with E-state index in [9.17, 15) is 14.4 Å². The third-order valence-electron chi connectivity index (χ3n) is 5.84. The molecule has 0 aliphatic carbocycles. The van der Waals surface area contributed by atoms with Crippen molar-refractivity contribution in [2.24, 2.45) is 0 Å². The van der Waals surface area contributed by atoms with E-state index in [2.05, 4.69) is 15.9 Å². The summed E-state index contributed by atoms with van der Waals surface area (Å²) in [6.07, 6.45) is 0. The van der Waals surface area contributed by atoms with Crippen molar-refractivity contribution in [3.05, 3.63) is 97.3 Å². The van der Waals surface area contributed by atoms with Crippen LogP contribution in [0.3, 0.4) is 0 Å². The average molecular weight is 554 g/mol. The first-order valence-electron chi connectivity index (χ1n) is 10.5. The monoisotopic (exact) mass is 552 g/mol. The molecule has 5 rings (SSSR count). The summed E-state index contributed by atoms with van der Waals surface area (Å²) in [5.41, 5.74) is 3.18. The smallest absolute Gasteiger partial charge is 0.271 e. The van der Waals surface area contributed by atoms with Crippen molar-refractivity contribution in [3.8, 4) is 0 Å². The largest absolute Gasteiger partial charge is 0.289 e. The third kappa shape index (κ3) is 3.74. The number of nitrogens with zero attached hydrogens (tertiary/aromatic N) is 2. The van der Waals surface area contributed by atoms with Crippen LogP contribution < -0.4 is 4.90 Å². The number of rotatable bonds is 4. The molecule has 1 aliphatic rings. The lowest BCUT2D eigenvalue weighted by atomic mass is 10.1. The fourth-order valence-corrected chi connectivity index (χ4v) is 6.18. The molecule has 0 fully saturated rings. The molecule has 0 saturated carbocycles. The Kier molecular flexibility index (Phi) is 5.80. The molecular weight excluding hydrogens is 536 g/mol. The van der Waals surface area contributed by atoms with Crippen molar-refractivity contribution in [2.75, 3.05) is 11.6 Å². The number of hydrogen-bond acceptors (Lipinski definition) is 4. The van der Waals surface area contributed by atoms with Gasteiger partial charge in [0.25, 0.3) is 17.7 Å². The van der Waals surface area contributed by atoms with Crippen LogP contribution in [-0.4, -0.2) is 29.3 Å². The van der Waals surface area contributed by atoms with Gasteiger partial charge in [0.1, 0.15) is 11.5 Å². The van der Waals surface area contributed by atoms with Gasteiger partial charge < -0.3 is 0 Å². The molecule has 8 heteroatoms. The maximum Gasteiger partial charge on any atom is 0.271 e. The van der Waals surface area contributed by atoms with E-state index in [1.165, 1.54) is 16.2 Å². The molecular formula is C26H18BrClN2O3S. The van der Waals surface area contributed by atoms with Crippen molar-refractivity contribution in [1.29, 1.82) is 0 Å². The second kappa shape index (κ2) is 8.65. The Morgan fingerprint density at radius 1 is 1.00 bits per heavy atom. The highest BCUT2D eigenvalue weighted by Crippen LogP contribution is 2.39. The van der Waals surface area contributed by atoms with Crippen molar-refractivity contribution in [2.45, 2.75) is 13.8 Å². The van der Waals surface area contributed by atoms with Crippen LogP contribution in [0.5, 0.6) is 0 Å². The van der Waals surface area contributed by atoms with Crippen LogP contribution in [0.1, 0.15) is 41.5 Å². The second-order valence-electron chi connectivity index (χ2n) is 8.13. The van der Waals surface area contributed by atoms with Crippen LogP contribution in [0.2, 0.25) is 5.02 Å².